The number of carboxylic acids is 1. The van der Waals surface area contributed by atoms with Gasteiger partial charge in [0.2, 0.25) is 0 Å². The number of hydrogen-bond acceptors (Lipinski definition) is 4. The van der Waals surface area contributed by atoms with Crippen LogP contribution in [0.25, 0.3) is 11.0 Å². The molecule has 0 unspecified atom stereocenters. The molecule has 1 aromatic carbocycles. The number of nitrogens with zero attached hydrogens (tertiary/aromatic N) is 3. The summed E-state index contributed by atoms with van der Waals surface area (Å²) in [5.74, 6) is 2.46. The van der Waals surface area contributed by atoms with Gasteiger partial charge in [-0.25, -0.2) is 9.78 Å². The van der Waals surface area contributed by atoms with Gasteiger partial charge in [-0.2, -0.15) is 11.8 Å². The lowest BCUT2D eigenvalue weighted by Gasteiger charge is -2.26. The molecule has 5 nitrogen and oxygen atoms in total. The number of imidazole rings is 1. The number of fused-ring (bicyclic) bond motifs is 1. The highest BCUT2D eigenvalue weighted by Gasteiger charge is 2.13. The molecule has 0 amide bonds. The normalized spacial score (nSPS) is 16.4. The standard InChI is InChI=1S/C15H19N3O2S/c1-11-16-13-10-12(15(19)20)2-3-14(13)18(11)5-4-17-6-8-21-9-7-17/h2-3,10H,4-9H2,1H3,(H,19,20). The first kappa shape index (κ1) is 14.4. The molecule has 1 aliphatic rings. The van der Waals surface area contributed by atoms with Gasteiger partial charge in [0.25, 0.3) is 0 Å². The largest absolute Gasteiger partial charge is 0.478 e. The number of rotatable bonds is 4. The number of carboxylic acid groups (broad SMARTS) is 1. The molecule has 21 heavy (non-hydrogen) atoms. The van der Waals surface area contributed by atoms with Crippen molar-refractivity contribution in [3.05, 3.63) is 29.6 Å². The van der Waals surface area contributed by atoms with Crippen LogP contribution in [0.15, 0.2) is 18.2 Å². The molecule has 2 aromatic rings. The first-order valence-corrected chi connectivity index (χ1v) is 8.31. The Bertz CT molecular complexity index is 662. The second-order valence-electron chi connectivity index (χ2n) is 5.27. The van der Waals surface area contributed by atoms with Crippen molar-refractivity contribution in [1.82, 2.24) is 14.5 Å². The summed E-state index contributed by atoms with van der Waals surface area (Å²) in [7, 11) is 0. The van der Waals surface area contributed by atoms with E-state index in [2.05, 4.69) is 14.5 Å². The predicted molar refractivity (Wildman–Crippen MR) is 85.2 cm³/mol. The van der Waals surface area contributed by atoms with Crippen LogP contribution in [0.4, 0.5) is 0 Å². The Labute approximate surface area is 128 Å². The molecule has 1 aliphatic heterocycles. The minimum absolute atomic E-state index is 0.292. The van der Waals surface area contributed by atoms with Crippen LogP contribution >= 0.6 is 11.8 Å². The van der Waals surface area contributed by atoms with Crippen molar-refractivity contribution in [1.29, 1.82) is 0 Å². The van der Waals surface area contributed by atoms with Crippen molar-refractivity contribution >= 4 is 28.8 Å². The fourth-order valence-corrected chi connectivity index (χ4v) is 3.71. The number of aryl methyl sites for hydroxylation is 1. The molecule has 1 N–H and O–H groups in total. The molecule has 6 heteroatoms. The summed E-state index contributed by atoms with van der Waals surface area (Å²) in [6.45, 7) is 6.21. The lowest BCUT2D eigenvalue weighted by molar-refractivity contribution is 0.0697. The molecule has 0 bridgehead atoms. The van der Waals surface area contributed by atoms with Gasteiger partial charge in [-0.3, -0.25) is 4.90 Å². The molecule has 1 fully saturated rings. The van der Waals surface area contributed by atoms with Crippen LogP contribution in [-0.4, -0.2) is 56.7 Å². The van der Waals surface area contributed by atoms with Crippen molar-refractivity contribution in [3.8, 4) is 0 Å². The zero-order valence-corrected chi connectivity index (χ0v) is 12.9. The van der Waals surface area contributed by atoms with Gasteiger partial charge < -0.3 is 9.67 Å². The summed E-state index contributed by atoms with van der Waals surface area (Å²) < 4.78 is 2.18. The highest BCUT2D eigenvalue weighted by atomic mass is 32.2. The topological polar surface area (TPSA) is 58.4 Å². The van der Waals surface area contributed by atoms with Gasteiger partial charge in [-0.15, -0.1) is 0 Å². The SMILES string of the molecule is Cc1nc2cc(C(=O)O)ccc2n1CCN1CCSCC1. The van der Waals surface area contributed by atoms with Crippen LogP contribution in [0.2, 0.25) is 0 Å². The van der Waals surface area contributed by atoms with Crippen molar-refractivity contribution in [2.45, 2.75) is 13.5 Å². The van der Waals surface area contributed by atoms with Crippen LogP contribution in [-0.2, 0) is 6.54 Å². The summed E-state index contributed by atoms with van der Waals surface area (Å²) in [6, 6.07) is 5.17. The Morgan fingerprint density at radius 1 is 1.33 bits per heavy atom. The monoisotopic (exact) mass is 305 g/mol. The van der Waals surface area contributed by atoms with E-state index in [-0.39, 0.29) is 0 Å². The van der Waals surface area contributed by atoms with E-state index in [0.717, 1.165) is 43.0 Å². The number of thioether (sulfide) groups is 1. The average molecular weight is 305 g/mol. The smallest absolute Gasteiger partial charge is 0.335 e. The Hall–Kier alpha value is -1.53. The predicted octanol–water partition coefficient (Wildman–Crippen LogP) is 2.09. The molecule has 1 saturated heterocycles. The summed E-state index contributed by atoms with van der Waals surface area (Å²) in [5, 5.41) is 9.05. The van der Waals surface area contributed by atoms with E-state index < -0.39 is 5.97 Å². The number of carbonyl (C=O) groups is 1. The van der Waals surface area contributed by atoms with E-state index in [9.17, 15) is 4.79 Å². The van der Waals surface area contributed by atoms with E-state index >= 15 is 0 Å². The molecule has 0 atom stereocenters. The summed E-state index contributed by atoms with van der Waals surface area (Å²) in [5.41, 5.74) is 2.07. The zero-order chi connectivity index (χ0) is 14.8. The number of aromatic carboxylic acids is 1. The van der Waals surface area contributed by atoms with Gasteiger partial charge in [-0.1, -0.05) is 0 Å². The average Bonchev–Trinajstić information content (AvgIpc) is 2.80. The number of hydrogen-bond donors (Lipinski definition) is 1. The number of benzene rings is 1. The van der Waals surface area contributed by atoms with Gasteiger partial charge >= 0.3 is 5.97 Å². The lowest BCUT2D eigenvalue weighted by Crippen LogP contribution is -2.35. The minimum atomic E-state index is -0.907. The van der Waals surface area contributed by atoms with Gasteiger partial charge in [0.1, 0.15) is 5.82 Å². The Kier molecular flexibility index (Phi) is 4.17. The second-order valence-corrected chi connectivity index (χ2v) is 6.50. The van der Waals surface area contributed by atoms with Crippen LogP contribution in [0.5, 0.6) is 0 Å². The Balaban J connectivity index is 1.81. The van der Waals surface area contributed by atoms with Gasteiger partial charge in [-0.05, 0) is 25.1 Å². The summed E-state index contributed by atoms with van der Waals surface area (Å²) >= 11 is 2.02. The zero-order valence-electron chi connectivity index (χ0n) is 12.1. The minimum Gasteiger partial charge on any atom is -0.478 e. The first-order valence-electron chi connectivity index (χ1n) is 7.15. The Morgan fingerprint density at radius 2 is 2.10 bits per heavy atom. The number of aromatic nitrogens is 2. The summed E-state index contributed by atoms with van der Waals surface area (Å²) in [6.07, 6.45) is 0. The van der Waals surface area contributed by atoms with Crippen molar-refractivity contribution in [2.75, 3.05) is 31.1 Å². The van der Waals surface area contributed by atoms with E-state index in [1.54, 1.807) is 12.1 Å². The van der Waals surface area contributed by atoms with Crippen LogP contribution in [0, 0.1) is 6.92 Å². The lowest BCUT2D eigenvalue weighted by atomic mass is 10.2. The molecule has 2 heterocycles. The van der Waals surface area contributed by atoms with Crippen molar-refractivity contribution < 1.29 is 9.90 Å². The fourth-order valence-electron chi connectivity index (χ4n) is 2.73. The van der Waals surface area contributed by atoms with Gasteiger partial charge in [0.05, 0.1) is 16.6 Å². The molecular formula is C15H19N3O2S. The van der Waals surface area contributed by atoms with E-state index in [1.165, 1.54) is 11.5 Å². The quantitative estimate of drug-likeness (QED) is 0.937. The van der Waals surface area contributed by atoms with Gasteiger partial charge in [0.15, 0.2) is 0 Å². The molecule has 0 aliphatic carbocycles. The molecule has 0 saturated carbocycles. The first-order chi connectivity index (χ1) is 10.1. The maximum atomic E-state index is 11.0. The van der Waals surface area contributed by atoms with Gasteiger partial charge in [0, 0.05) is 37.7 Å². The third kappa shape index (κ3) is 3.06. The molecule has 0 radical (unpaired) electrons. The molecule has 3 rings (SSSR count). The fraction of sp³-hybridized carbons (Fsp3) is 0.467. The van der Waals surface area contributed by atoms with E-state index in [0.29, 0.717) is 5.56 Å². The molecule has 0 spiro atoms. The molecule has 1 aromatic heterocycles. The third-order valence-corrected chi connectivity index (χ3v) is 4.87. The molecule has 112 valence electrons. The highest BCUT2D eigenvalue weighted by molar-refractivity contribution is 7.99. The van der Waals surface area contributed by atoms with Crippen LogP contribution < -0.4 is 0 Å². The van der Waals surface area contributed by atoms with Crippen molar-refractivity contribution in [3.63, 3.8) is 0 Å². The third-order valence-electron chi connectivity index (χ3n) is 3.93. The van der Waals surface area contributed by atoms with Crippen molar-refractivity contribution in [2.24, 2.45) is 0 Å². The highest BCUT2D eigenvalue weighted by Crippen LogP contribution is 2.18. The maximum Gasteiger partial charge on any atom is 0.335 e. The second kappa shape index (κ2) is 6.07. The van der Waals surface area contributed by atoms with E-state index in [1.807, 2.05) is 24.8 Å². The van der Waals surface area contributed by atoms with Crippen LogP contribution in [0.3, 0.4) is 0 Å². The molecular weight excluding hydrogens is 286 g/mol. The summed E-state index contributed by atoms with van der Waals surface area (Å²) in [4.78, 5) is 18.0. The Morgan fingerprint density at radius 3 is 2.81 bits per heavy atom. The maximum absolute atomic E-state index is 11.0. The van der Waals surface area contributed by atoms with E-state index in [4.69, 9.17) is 5.11 Å². The van der Waals surface area contributed by atoms with Crippen LogP contribution in [0.1, 0.15) is 16.2 Å².